The van der Waals surface area contributed by atoms with Crippen molar-refractivity contribution < 1.29 is 18.7 Å². The minimum Gasteiger partial charge on any atom is -0.382 e. The van der Waals surface area contributed by atoms with Crippen molar-refractivity contribution in [2.45, 2.75) is 13.0 Å². The molecule has 0 saturated carbocycles. The van der Waals surface area contributed by atoms with E-state index in [0.29, 0.717) is 38.5 Å². The molecule has 0 saturated heterocycles. The van der Waals surface area contributed by atoms with Gasteiger partial charge in [0.25, 0.3) is 0 Å². The fourth-order valence-electron chi connectivity index (χ4n) is 2.22. The Morgan fingerprint density at radius 2 is 1.88 bits per heavy atom. The number of methoxy groups -OCH3 is 1. The third-order valence-corrected chi connectivity index (χ3v) is 3.50. The third-order valence-electron chi connectivity index (χ3n) is 3.50. The Labute approximate surface area is 147 Å². The van der Waals surface area contributed by atoms with Crippen molar-refractivity contribution in [1.29, 1.82) is 0 Å². The lowest BCUT2D eigenvalue weighted by molar-refractivity contribution is 0.0617. The summed E-state index contributed by atoms with van der Waals surface area (Å²) in [7, 11) is 1.63. The van der Waals surface area contributed by atoms with Gasteiger partial charge in [-0.25, -0.2) is 9.18 Å². The van der Waals surface area contributed by atoms with Gasteiger partial charge in [-0.05, 0) is 41.8 Å². The molecule has 0 aromatic heterocycles. The summed E-state index contributed by atoms with van der Waals surface area (Å²) < 4.78 is 23.2. The monoisotopic (exact) mass is 346 g/mol. The summed E-state index contributed by atoms with van der Waals surface area (Å²) in [5.41, 5.74) is 2.64. The maximum Gasteiger partial charge on any atom is 0.319 e. The van der Waals surface area contributed by atoms with Gasteiger partial charge >= 0.3 is 6.03 Å². The first kappa shape index (κ1) is 18.9. The van der Waals surface area contributed by atoms with Crippen LogP contribution < -0.4 is 10.6 Å². The molecule has 2 rings (SSSR count). The highest BCUT2D eigenvalue weighted by atomic mass is 19.1. The molecular weight excluding hydrogens is 323 g/mol. The van der Waals surface area contributed by atoms with Crippen LogP contribution in [0.1, 0.15) is 11.1 Å². The average Bonchev–Trinajstić information content (AvgIpc) is 2.61. The molecule has 6 heteroatoms. The van der Waals surface area contributed by atoms with E-state index in [1.165, 1.54) is 12.1 Å². The van der Waals surface area contributed by atoms with Gasteiger partial charge in [0.05, 0.1) is 19.8 Å². The molecule has 0 bridgehead atoms. The van der Waals surface area contributed by atoms with Gasteiger partial charge in [0, 0.05) is 19.3 Å². The number of rotatable bonds is 9. The number of urea groups is 1. The quantitative estimate of drug-likeness (QED) is 0.685. The maximum absolute atomic E-state index is 12.8. The van der Waals surface area contributed by atoms with Gasteiger partial charge in [0.2, 0.25) is 0 Å². The Balaban J connectivity index is 1.73. The minimum absolute atomic E-state index is 0.263. The molecule has 0 aliphatic heterocycles. The van der Waals surface area contributed by atoms with E-state index < -0.39 is 0 Å². The van der Waals surface area contributed by atoms with Crippen LogP contribution in [0.15, 0.2) is 48.5 Å². The summed E-state index contributed by atoms with van der Waals surface area (Å²) >= 11 is 0. The number of amides is 2. The van der Waals surface area contributed by atoms with Gasteiger partial charge in [-0.3, -0.25) is 0 Å². The van der Waals surface area contributed by atoms with Crippen molar-refractivity contribution in [3.05, 3.63) is 65.5 Å². The predicted molar refractivity (Wildman–Crippen MR) is 95.1 cm³/mol. The third kappa shape index (κ3) is 7.32. The van der Waals surface area contributed by atoms with Crippen molar-refractivity contribution >= 4 is 11.7 Å². The maximum atomic E-state index is 12.8. The molecule has 134 valence electrons. The summed E-state index contributed by atoms with van der Waals surface area (Å²) in [4.78, 5) is 11.9. The second kappa shape index (κ2) is 10.4. The van der Waals surface area contributed by atoms with E-state index in [2.05, 4.69) is 10.6 Å². The first-order valence-electron chi connectivity index (χ1n) is 8.12. The lowest BCUT2D eigenvalue weighted by Crippen LogP contribution is -2.30. The van der Waals surface area contributed by atoms with Crippen molar-refractivity contribution in [2.75, 3.05) is 32.2 Å². The Kier molecular flexibility index (Phi) is 7.88. The summed E-state index contributed by atoms with van der Waals surface area (Å²) in [5.74, 6) is -0.263. The van der Waals surface area contributed by atoms with Crippen molar-refractivity contribution in [2.24, 2.45) is 0 Å². The van der Waals surface area contributed by atoms with Crippen LogP contribution in [-0.2, 0) is 22.5 Å². The molecule has 2 amide bonds. The van der Waals surface area contributed by atoms with E-state index >= 15 is 0 Å². The summed E-state index contributed by atoms with van der Waals surface area (Å²) in [6.07, 6.45) is 0.640. The van der Waals surface area contributed by atoms with Crippen LogP contribution in [0.25, 0.3) is 0 Å². The molecule has 2 aromatic carbocycles. The molecule has 0 aliphatic rings. The number of nitrogens with one attached hydrogen (secondary N) is 2. The van der Waals surface area contributed by atoms with Gasteiger partial charge < -0.3 is 20.1 Å². The molecule has 2 N–H and O–H groups in total. The number of anilines is 1. The highest BCUT2D eigenvalue weighted by molar-refractivity contribution is 5.89. The highest BCUT2D eigenvalue weighted by Crippen LogP contribution is 2.11. The van der Waals surface area contributed by atoms with Crippen LogP contribution >= 0.6 is 0 Å². The van der Waals surface area contributed by atoms with E-state index in [-0.39, 0.29) is 11.8 Å². The van der Waals surface area contributed by atoms with Crippen molar-refractivity contribution in [1.82, 2.24) is 5.32 Å². The van der Waals surface area contributed by atoms with Gasteiger partial charge in [-0.2, -0.15) is 0 Å². The molecule has 0 heterocycles. The van der Waals surface area contributed by atoms with Crippen LogP contribution in [0.5, 0.6) is 0 Å². The molecule has 2 aromatic rings. The zero-order valence-corrected chi connectivity index (χ0v) is 14.3. The van der Waals surface area contributed by atoms with E-state index in [1.54, 1.807) is 19.2 Å². The SMILES string of the molecule is COCCOCc1cccc(NC(=O)NCCc2ccc(F)cc2)c1. The second-order valence-corrected chi connectivity index (χ2v) is 5.50. The molecule has 0 atom stereocenters. The van der Waals surface area contributed by atoms with Crippen LogP contribution in [0.2, 0.25) is 0 Å². The fourth-order valence-corrected chi connectivity index (χ4v) is 2.22. The average molecular weight is 346 g/mol. The lowest BCUT2D eigenvalue weighted by Gasteiger charge is -2.09. The van der Waals surface area contributed by atoms with Crippen molar-refractivity contribution in [3.63, 3.8) is 0 Å². The number of benzene rings is 2. The highest BCUT2D eigenvalue weighted by Gasteiger charge is 2.03. The topological polar surface area (TPSA) is 59.6 Å². The number of carbonyl (C=O) groups is 1. The number of carbonyl (C=O) groups excluding carboxylic acids is 1. The minimum atomic E-state index is -0.278. The van der Waals surface area contributed by atoms with Gasteiger partial charge in [-0.15, -0.1) is 0 Å². The summed E-state index contributed by atoms with van der Waals surface area (Å²) in [6.45, 7) is 2.01. The molecule has 0 fully saturated rings. The summed E-state index contributed by atoms with van der Waals surface area (Å²) in [5, 5.41) is 5.57. The zero-order chi connectivity index (χ0) is 17.9. The van der Waals surface area contributed by atoms with Crippen LogP contribution in [-0.4, -0.2) is 32.9 Å². The summed E-state index contributed by atoms with van der Waals surface area (Å²) in [6, 6.07) is 13.5. The van der Waals surface area contributed by atoms with Crippen molar-refractivity contribution in [3.8, 4) is 0 Å². The predicted octanol–water partition coefficient (Wildman–Crippen LogP) is 3.35. The Morgan fingerprint density at radius 1 is 1.08 bits per heavy atom. The largest absolute Gasteiger partial charge is 0.382 e. The molecule has 5 nitrogen and oxygen atoms in total. The zero-order valence-electron chi connectivity index (χ0n) is 14.3. The van der Waals surface area contributed by atoms with E-state index in [1.807, 2.05) is 24.3 Å². The van der Waals surface area contributed by atoms with E-state index in [0.717, 1.165) is 11.1 Å². The number of hydrogen-bond acceptors (Lipinski definition) is 3. The normalized spacial score (nSPS) is 10.5. The van der Waals surface area contributed by atoms with Gasteiger partial charge in [0.1, 0.15) is 5.82 Å². The molecular formula is C19H23FN2O3. The first-order chi connectivity index (χ1) is 12.2. The van der Waals surface area contributed by atoms with Gasteiger partial charge in [0.15, 0.2) is 0 Å². The Bertz CT molecular complexity index is 662. The fraction of sp³-hybridized carbons (Fsp3) is 0.316. The molecule has 0 unspecified atom stereocenters. The van der Waals surface area contributed by atoms with Crippen LogP contribution in [0, 0.1) is 5.82 Å². The molecule has 0 spiro atoms. The van der Waals surface area contributed by atoms with E-state index in [4.69, 9.17) is 9.47 Å². The Hall–Kier alpha value is -2.44. The number of halogens is 1. The van der Waals surface area contributed by atoms with E-state index in [9.17, 15) is 9.18 Å². The number of ether oxygens (including phenoxy) is 2. The van der Waals surface area contributed by atoms with Gasteiger partial charge in [-0.1, -0.05) is 24.3 Å². The standard InChI is InChI=1S/C19H23FN2O3/c1-24-11-12-25-14-16-3-2-4-18(13-16)22-19(23)21-10-9-15-5-7-17(20)8-6-15/h2-8,13H,9-12,14H2,1H3,(H2,21,22,23). The molecule has 0 aliphatic carbocycles. The van der Waals surface area contributed by atoms with Crippen LogP contribution in [0.3, 0.4) is 0 Å². The molecule has 0 radical (unpaired) electrons. The first-order valence-corrected chi connectivity index (χ1v) is 8.12. The lowest BCUT2D eigenvalue weighted by atomic mass is 10.1. The van der Waals surface area contributed by atoms with Crippen LogP contribution in [0.4, 0.5) is 14.9 Å². The molecule has 25 heavy (non-hydrogen) atoms. The second-order valence-electron chi connectivity index (χ2n) is 5.50. The smallest absolute Gasteiger partial charge is 0.319 e. The number of hydrogen-bond donors (Lipinski definition) is 2. The Morgan fingerprint density at radius 3 is 2.64 bits per heavy atom.